The van der Waals surface area contributed by atoms with Crippen LogP contribution in [-0.2, 0) is 20.1 Å². The van der Waals surface area contributed by atoms with Gasteiger partial charge in [-0.25, -0.2) is 14.7 Å². The van der Waals surface area contributed by atoms with E-state index in [9.17, 15) is 4.21 Å². The van der Waals surface area contributed by atoms with Crippen LogP contribution in [0.2, 0.25) is 0 Å². The summed E-state index contributed by atoms with van der Waals surface area (Å²) in [5.41, 5.74) is 12.2. The summed E-state index contributed by atoms with van der Waals surface area (Å²) in [6.45, 7) is 4.03. The maximum Gasteiger partial charge on any atom is 0.211 e. The minimum atomic E-state index is -1.72. The van der Waals surface area contributed by atoms with E-state index >= 15 is 0 Å². The highest BCUT2D eigenvalue weighted by Crippen LogP contribution is 2.27. The van der Waals surface area contributed by atoms with Gasteiger partial charge in [0.1, 0.15) is 5.65 Å². The van der Waals surface area contributed by atoms with E-state index in [1.807, 2.05) is 68.6 Å². The smallest absolute Gasteiger partial charge is 0.211 e. The fraction of sp³-hybridized carbons (Fsp3) is 0.250. The number of anilines is 1. The minimum Gasteiger partial charge on any atom is -0.381 e. The van der Waals surface area contributed by atoms with Gasteiger partial charge in [0.15, 0.2) is 10.8 Å². The number of aromatic nitrogens is 2. The summed E-state index contributed by atoms with van der Waals surface area (Å²) >= 11 is -1.72. The molecule has 28 heavy (non-hydrogen) atoms. The molecule has 3 N–H and O–H groups in total. The summed E-state index contributed by atoms with van der Waals surface area (Å²) in [5, 5.41) is 0.337. The Labute approximate surface area is 166 Å². The standard InChI is InChI=1S/C20H24N4O3S/c1-14(2)27-28(25)20-19(21)23-18-10-9-16(13-24(18)20)17(11-12-26-22-3)15-7-5-4-6-8-15/h4-11,13-14,22H,12,21H2,1-3H3/b17-11+. The number of pyridine rings is 1. The Bertz CT molecular complexity index is 999. The Morgan fingerprint density at radius 3 is 2.68 bits per heavy atom. The molecule has 0 aliphatic rings. The average Bonchev–Trinajstić information content (AvgIpc) is 3.00. The van der Waals surface area contributed by atoms with Gasteiger partial charge >= 0.3 is 0 Å². The molecule has 1 aromatic carbocycles. The van der Waals surface area contributed by atoms with E-state index in [1.165, 1.54) is 0 Å². The maximum absolute atomic E-state index is 12.6. The number of benzene rings is 1. The first kappa shape index (κ1) is 20.2. The van der Waals surface area contributed by atoms with Gasteiger partial charge in [0.25, 0.3) is 0 Å². The van der Waals surface area contributed by atoms with E-state index in [0.29, 0.717) is 17.3 Å². The number of nitrogens with zero attached hydrogens (tertiary/aromatic N) is 2. The second kappa shape index (κ2) is 9.11. The van der Waals surface area contributed by atoms with Crippen molar-refractivity contribution in [2.24, 2.45) is 0 Å². The van der Waals surface area contributed by atoms with Crippen molar-refractivity contribution in [3.63, 3.8) is 0 Å². The zero-order valence-electron chi connectivity index (χ0n) is 16.1. The predicted octanol–water partition coefficient (Wildman–Crippen LogP) is 2.95. The van der Waals surface area contributed by atoms with Gasteiger partial charge < -0.3 is 5.73 Å². The molecule has 1 atom stereocenters. The monoisotopic (exact) mass is 400 g/mol. The SMILES string of the molecule is CNOC/C=C(\c1ccccc1)c1ccc2nc(N)c(S(=O)OC(C)C)n2c1. The molecule has 0 aliphatic carbocycles. The van der Waals surface area contributed by atoms with Crippen molar-refractivity contribution in [1.82, 2.24) is 14.9 Å². The molecular formula is C20H24N4O3S. The van der Waals surface area contributed by atoms with E-state index < -0.39 is 11.1 Å². The minimum absolute atomic E-state index is 0.194. The number of nitrogens with two attached hydrogens (primary N) is 1. The van der Waals surface area contributed by atoms with Crippen LogP contribution in [0.3, 0.4) is 0 Å². The molecule has 0 spiro atoms. The third-order valence-electron chi connectivity index (χ3n) is 3.95. The molecule has 0 saturated carbocycles. The van der Waals surface area contributed by atoms with Gasteiger partial charge in [-0.05, 0) is 48.8 Å². The van der Waals surface area contributed by atoms with Gasteiger partial charge in [0, 0.05) is 13.2 Å². The van der Waals surface area contributed by atoms with Crippen molar-refractivity contribution in [1.29, 1.82) is 0 Å². The molecule has 8 heteroatoms. The van der Waals surface area contributed by atoms with Gasteiger partial charge in [0.2, 0.25) is 11.1 Å². The molecule has 0 fully saturated rings. The van der Waals surface area contributed by atoms with Gasteiger partial charge in [-0.15, -0.1) is 0 Å². The summed E-state index contributed by atoms with van der Waals surface area (Å²) in [6, 6.07) is 13.8. The van der Waals surface area contributed by atoms with Crippen molar-refractivity contribution >= 4 is 28.1 Å². The average molecular weight is 401 g/mol. The number of hydroxylamine groups is 1. The highest BCUT2D eigenvalue weighted by atomic mass is 32.2. The zero-order valence-corrected chi connectivity index (χ0v) is 16.9. The lowest BCUT2D eigenvalue weighted by atomic mass is 9.99. The molecule has 0 amide bonds. The van der Waals surface area contributed by atoms with Gasteiger partial charge in [-0.1, -0.05) is 30.3 Å². The third-order valence-corrected chi connectivity index (χ3v) is 5.23. The number of nitrogens with one attached hydrogen (secondary N) is 1. The Hall–Kier alpha value is -2.52. The Kier molecular flexibility index (Phi) is 6.58. The van der Waals surface area contributed by atoms with Crippen LogP contribution in [0.4, 0.5) is 5.82 Å². The summed E-state index contributed by atoms with van der Waals surface area (Å²) in [6.07, 6.45) is 3.65. The van der Waals surface area contributed by atoms with Crippen LogP contribution in [0, 0.1) is 0 Å². The summed E-state index contributed by atoms with van der Waals surface area (Å²) in [5.74, 6) is 0.194. The lowest BCUT2D eigenvalue weighted by Crippen LogP contribution is -2.10. The number of hydrogen-bond acceptors (Lipinski definition) is 6. The van der Waals surface area contributed by atoms with E-state index in [2.05, 4.69) is 10.5 Å². The number of hydrogen-bond donors (Lipinski definition) is 2. The van der Waals surface area contributed by atoms with Crippen LogP contribution in [0.25, 0.3) is 11.2 Å². The topological polar surface area (TPSA) is 90.9 Å². The summed E-state index contributed by atoms with van der Waals surface area (Å²) in [7, 11) is 1.71. The fourth-order valence-electron chi connectivity index (χ4n) is 2.82. The lowest BCUT2D eigenvalue weighted by molar-refractivity contribution is 0.0813. The number of imidazole rings is 1. The second-order valence-corrected chi connectivity index (χ2v) is 7.38. The predicted molar refractivity (Wildman–Crippen MR) is 111 cm³/mol. The zero-order chi connectivity index (χ0) is 20.1. The Morgan fingerprint density at radius 2 is 2.00 bits per heavy atom. The first-order chi connectivity index (χ1) is 13.5. The fourth-order valence-corrected chi connectivity index (χ4v) is 3.78. The van der Waals surface area contributed by atoms with Crippen LogP contribution in [0.1, 0.15) is 25.0 Å². The molecule has 1 unspecified atom stereocenters. The summed E-state index contributed by atoms with van der Waals surface area (Å²) < 4.78 is 19.8. The van der Waals surface area contributed by atoms with Crippen molar-refractivity contribution < 1.29 is 13.2 Å². The molecule has 3 aromatic rings. The quantitative estimate of drug-likeness (QED) is 0.446. The van der Waals surface area contributed by atoms with Crippen molar-refractivity contribution in [2.45, 2.75) is 25.0 Å². The van der Waals surface area contributed by atoms with Crippen molar-refractivity contribution in [3.05, 3.63) is 65.9 Å². The van der Waals surface area contributed by atoms with Gasteiger partial charge in [-0.3, -0.25) is 13.4 Å². The third kappa shape index (κ3) is 4.48. The first-order valence-corrected chi connectivity index (χ1v) is 9.99. The highest BCUT2D eigenvalue weighted by Gasteiger charge is 2.19. The van der Waals surface area contributed by atoms with E-state index in [4.69, 9.17) is 14.8 Å². The van der Waals surface area contributed by atoms with Crippen molar-refractivity contribution in [2.75, 3.05) is 19.4 Å². The van der Waals surface area contributed by atoms with E-state index in [-0.39, 0.29) is 11.9 Å². The van der Waals surface area contributed by atoms with Crippen LogP contribution in [0.5, 0.6) is 0 Å². The Balaban J connectivity index is 2.10. The molecule has 0 aliphatic heterocycles. The van der Waals surface area contributed by atoms with Gasteiger partial charge in [0.05, 0.1) is 12.7 Å². The lowest BCUT2D eigenvalue weighted by Gasteiger charge is -2.11. The van der Waals surface area contributed by atoms with Crippen LogP contribution >= 0.6 is 0 Å². The molecule has 0 bridgehead atoms. The van der Waals surface area contributed by atoms with E-state index in [0.717, 1.165) is 16.7 Å². The molecule has 7 nitrogen and oxygen atoms in total. The molecule has 2 aromatic heterocycles. The first-order valence-electron chi connectivity index (χ1n) is 8.92. The molecule has 0 radical (unpaired) electrons. The Morgan fingerprint density at radius 1 is 1.25 bits per heavy atom. The van der Waals surface area contributed by atoms with Crippen LogP contribution in [0.15, 0.2) is 59.8 Å². The van der Waals surface area contributed by atoms with Crippen LogP contribution < -0.4 is 11.2 Å². The summed E-state index contributed by atoms with van der Waals surface area (Å²) in [4.78, 5) is 9.57. The molecule has 0 saturated heterocycles. The van der Waals surface area contributed by atoms with Gasteiger partial charge in [-0.2, -0.15) is 0 Å². The second-order valence-electron chi connectivity index (χ2n) is 6.33. The number of nitrogen functional groups attached to an aromatic ring is 1. The van der Waals surface area contributed by atoms with Crippen molar-refractivity contribution in [3.8, 4) is 0 Å². The normalized spacial score (nSPS) is 13.4. The molecule has 3 rings (SSSR count). The molecule has 148 valence electrons. The molecular weight excluding hydrogens is 376 g/mol. The number of rotatable bonds is 8. The highest BCUT2D eigenvalue weighted by molar-refractivity contribution is 7.80. The van der Waals surface area contributed by atoms with Crippen LogP contribution in [-0.4, -0.2) is 33.4 Å². The largest absolute Gasteiger partial charge is 0.381 e. The number of fused-ring (bicyclic) bond motifs is 1. The molecule has 2 heterocycles. The van der Waals surface area contributed by atoms with E-state index in [1.54, 1.807) is 11.4 Å². The maximum atomic E-state index is 12.6.